The molecule has 3 aromatic rings. The van der Waals surface area contributed by atoms with E-state index in [0.29, 0.717) is 11.1 Å². The van der Waals surface area contributed by atoms with Crippen LogP contribution in [-0.2, 0) is 0 Å². The summed E-state index contributed by atoms with van der Waals surface area (Å²) in [5.41, 5.74) is 1.41. The van der Waals surface area contributed by atoms with Gasteiger partial charge in [0.05, 0.1) is 15.1 Å². The van der Waals surface area contributed by atoms with Crippen LogP contribution in [-0.4, -0.2) is 0 Å². The second kappa shape index (κ2) is 6.89. The fraction of sp³-hybridized carbons (Fsp3) is 0. The first-order chi connectivity index (χ1) is 11.4. The molecule has 1 radical (unpaired) electrons. The van der Waals surface area contributed by atoms with E-state index < -0.39 is 11.6 Å². The van der Waals surface area contributed by atoms with E-state index in [0.717, 1.165) is 0 Å². The molecule has 24 heavy (non-hydrogen) atoms. The van der Waals surface area contributed by atoms with Crippen LogP contribution in [0, 0.1) is 17.7 Å². The molecule has 0 unspecified atom stereocenters. The van der Waals surface area contributed by atoms with Crippen LogP contribution >= 0.6 is 46.4 Å². The van der Waals surface area contributed by atoms with E-state index in [1.165, 1.54) is 42.5 Å². The van der Waals surface area contributed by atoms with Crippen molar-refractivity contribution in [2.75, 3.05) is 0 Å². The first kappa shape index (κ1) is 17.5. The molecule has 3 aromatic carbocycles. The Morgan fingerprint density at radius 3 is 2.17 bits per heavy atom. The molecule has 3 rings (SSSR count). The molecule has 0 bridgehead atoms. The summed E-state index contributed by atoms with van der Waals surface area (Å²) in [6.45, 7) is 0. The van der Waals surface area contributed by atoms with Gasteiger partial charge in [0, 0.05) is 33.3 Å². The maximum absolute atomic E-state index is 14.3. The highest BCUT2D eigenvalue weighted by Gasteiger charge is 2.18. The fourth-order valence-electron chi connectivity index (χ4n) is 2.33. The van der Waals surface area contributed by atoms with Crippen LogP contribution in [0.4, 0.5) is 8.78 Å². The molecule has 0 nitrogen and oxygen atoms in total. The molecular weight excluding hydrogens is 396 g/mol. The highest BCUT2D eigenvalue weighted by molar-refractivity contribution is 6.42. The van der Waals surface area contributed by atoms with Gasteiger partial charge in [0.25, 0.3) is 0 Å². The molecule has 0 heterocycles. The summed E-state index contributed by atoms with van der Waals surface area (Å²) in [5, 5.41) is 0.775. The second-order valence-electron chi connectivity index (χ2n) is 4.95. The maximum atomic E-state index is 14.3. The van der Waals surface area contributed by atoms with Gasteiger partial charge in [-0.25, -0.2) is 8.78 Å². The summed E-state index contributed by atoms with van der Waals surface area (Å²) in [5.74, 6) is -1.04. The van der Waals surface area contributed by atoms with Crippen molar-refractivity contribution < 1.29 is 8.78 Å². The Bertz CT molecular complexity index is 939. The van der Waals surface area contributed by atoms with Crippen molar-refractivity contribution in [2.24, 2.45) is 0 Å². The molecule has 0 aromatic heterocycles. The Kier molecular flexibility index (Phi) is 5.03. The third-order valence-electron chi connectivity index (χ3n) is 3.44. The van der Waals surface area contributed by atoms with Gasteiger partial charge in [-0.3, -0.25) is 0 Å². The maximum Gasteiger partial charge on any atom is 0.132 e. The highest BCUT2D eigenvalue weighted by Crippen LogP contribution is 2.43. The van der Waals surface area contributed by atoms with Gasteiger partial charge < -0.3 is 0 Å². The Morgan fingerprint density at radius 2 is 1.50 bits per heavy atom. The molecule has 0 atom stereocenters. The largest absolute Gasteiger partial charge is 0.207 e. The summed E-state index contributed by atoms with van der Waals surface area (Å²) in [7, 11) is 0. The van der Waals surface area contributed by atoms with E-state index in [2.05, 4.69) is 6.07 Å². The zero-order valence-corrected chi connectivity index (χ0v) is 14.8. The second-order valence-corrected chi connectivity index (χ2v) is 6.55. The molecule has 0 N–H and O–H groups in total. The van der Waals surface area contributed by atoms with E-state index >= 15 is 0 Å². The van der Waals surface area contributed by atoms with Gasteiger partial charge in [-0.2, -0.15) is 0 Å². The first-order valence-electron chi connectivity index (χ1n) is 6.69. The minimum absolute atomic E-state index is 0.156. The van der Waals surface area contributed by atoms with E-state index in [1.54, 1.807) is 0 Å². The van der Waals surface area contributed by atoms with Gasteiger partial charge in [0.1, 0.15) is 11.6 Å². The minimum atomic E-state index is -0.568. The number of rotatable bonds is 2. The molecular formula is C18H7Cl4F2. The molecule has 0 spiro atoms. The van der Waals surface area contributed by atoms with Crippen molar-refractivity contribution in [1.29, 1.82) is 0 Å². The predicted octanol–water partition coefficient (Wildman–Crippen LogP) is 7.71. The van der Waals surface area contributed by atoms with Crippen LogP contribution in [0.5, 0.6) is 0 Å². The minimum Gasteiger partial charge on any atom is -0.207 e. The first-order valence-corrected chi connectivity index (χ1v) is 8.20. The molecule has 121 valence electrons. The summed E-state index contributed by atoms with van der Waals surface area (Å²) in [6, 6.07) is 12.4. The molecule has 0 amide bonds. The molecule has 0 saturated heterocycles. The molecule has 0 fully saturated rings. The third kappa shape index (κ3) is 3.25. The Morgan fingerprint density at radius 1 is 0.792 bits per heavy atom. The van der Waals surface area contributed by atoms with E-state index in [1.807, 2.05) is 0 Å². The molecule has 0 aliphatic rings. The Balaban J connectivity index is 2.25. The molecule has 6 heteroatoms. The van der Waals surface area contributed by atoms with Crippen molar-refractivity contribution >= 4 is 46.4 Å². The van der Waals surface area contributed by atoms with Crippen LogP contribution in [0.3, 0.4) is 0 Å². The van der Waals surface area contributed by atoms with Gasteiger partial charge in [-0.15, -0.1) is 0 Å². The van der Waals surface area contributed by atoms with Gasteiger partial charge in [0.15, 0.2) is 0 Å². The van der Waals surface area contributed by atoms with Crippen LogP contribution < -0.4 is 0 Å². The summed E-state index contributed by atoms with van der Waals surface area (Å²) < 4.78 is 27.5. The van der Waals surface area contributed by atoms with Crippen molar-refractivity contribution in [2.45, 2.75) is 0 Å². The van der Waals surface area contributed by atoms with Crippen LogP contribution in [0.2, 0.25) is 20.1 Å². The number of hydrogen-bond donors (Lipinski definition) is 0. The van der Waals surface area contributed by atoms with Crippen molar-refractivity contribution in [3.8, 4) is 22.3 Å². The average molecular weight is 403 g/mol. The Hall–Kier alpha value is -1.32. The summed E-state index contributed by atoms with van der Waals surface area (Å²) in [4.78, 5) is 0. The lowest BCUT2D eigenvalue weighted by atomic mass is 9.98. The normalized spacial score (nSPS) is 10.9. The lowest BCUT2D eigenvalue weighted by Crippen LogP contribution is -1.91. The predicted molar refractivity (Wildman–Crippen MR) is 96.1 cm³/mol. The SMILES string of the molecule is Fc1ccc(-c2c[c]c(Cl)c(-c3ccc(Cl)cc3F)c2Cl)c(Cl)c1. The highest BCUT2D eigenvalue weighted by atomic mass is 35.5. The van der Waals surface area contributed by atoms with Gasteiger partial charge in [-0.05, 0) is 42.5 Å². The van der Waals surface area contributed by atoms with E-state index in [4.69, 9.17) is 46.4 Å². The van der Waals surface area contributed by atoms with Gasteiger partial charge in [-0.1, -0.05) is 46.4 Å². The molecule has 0 aliphatic heterocycles. The lowest BCUT2D eigenvalue weighted by Gasteiger charge is -2.14. The number of halogens is 6. The molecule has 0 saturated carbocycles. The zero-order valence-electron chi connectivity index (χ0n) is 11.8. The van der Waals surface area contributed by atoms with Crippen LogP contribution in [0.1, 0.15) is 0 Å². The number of benzene rings is 3. The zero-order chi connectivity index (χ0) is 17.4. The molecule has 0 aliphatic carbocycles. The monoisotopic (exact) mass is 401 g/mol. The summed E-state index contributed by atoms with van der Waals surface area (Å²) >= 11 is 24.5. The quantitative estimate of drug-likeness (QED) is 0.411. The third-order valence-corrected chi connectivity index (χ3v) is 4.68. The van der Waals surface area contributed by atoms with Crippen LogP contribution in [0.15, 0.2) is 42.5 Å². The standard InChI is InChI=1S/C18H7Cl4F2/c19-9-1-3-13(16(24)7-9)17-14(20)6-5-12(18(17)22)11-4-2-10(23)8-15(11)21/h1-5,7-8H. The van der Waals surface area contributed by atoms with E-state index in [-0.39, 0.29) is 31.2 Å². The van der Waals surface area contributed by atoms with Gasteiger partial charge >= 0.3 is 0 Å². The average Bonchev–Trinajstić information content (AvgIpc) is 2.50. The topological polar surface area (TPSA) is 0 Å². The smallest absolute Gasteiger partial charge is 0.132 e. The summed E-state index contributed by atoms with van der Waals surface area (Å²) in [6.07, 6.45) is 0. The van der Waals surface area contributed by atoms with Crippen molar-refractivity contribution in [3.63, 3.8) is 0 Å². The van der Waals surface area contributed by atoms with Gasteiger partial charge in [0.2, 0.25) is 0 Å². The lowest BCUT2D eigenvalue weighted by molar-refractivity contribution is 0.628. The van der Waals surface area contributed by atoms with Crippen LogP contribution in [0.25, 0.3) is 22.3 Å². The van der Waals surface area contributed by atoms with Crippen molar-refractivity contribution in [3.05, 3.63) is 80.3 Å². The number of hydrogen-bond acceptors (Lipinski definition) is 0. The fourth-order valence-corrected chi connectivity index (χ4v) is 3.41. The Labute approximate surface area is 157 Å². The van der Waals surface area contributed by atoms with Crippen molar-refractivity contribution in [1.82, 2.24) is 0 Å². The van der Waals surface area contributed by atoms with E-state index in [9.17, 15) is 8.78 Å².